The molecule has 0 fully saturated rings. The standard InChI is InChI=1S/C11H18O2/c1-4-5-6-7-8-9-10(2)11(12)13-3/h5-6,9H,4,7-8H2,1-3H3. The van der Waals surface area contributed by atoms with E-state index in [9.17, 15) is 4.79 Å². The summed E-state index contributed by atoms with van der Waals surface area (Å²) in [6, 6.07) is 0. The highest BCUT2D eigenvalue weighted by Crippen LogP contribution is 2.01. The molecular weight excluding hydrogens is 164 g/mol. The molecule has 0 spiro atoms. The third-order valence-corrected chi connectivity index (χ3v) is 1.69. The van der Waals surface area contributed by atoms with Gasteiger partial charge in [0, 0.05) is 5.57 Å². The summed E-state index contributed by atoms with van der Waals surface area (Å²) in [7, 11) is 1.40. The molecule has 2 nitrogen and oxygen atoms in total. The molecule has 0 atom stereocenters. The largest absolute Gasteiger partial charge is 0.466 e. The van der Waals surface area contributed by atoms with Crippen LogP contribution in [-0.2, 0) is 9.53 Å². The summed E-state index contributed by atoms with van der Waals surface area (Å²) in [4.78, 5) is 10.9. The van der Waals surface area contributed by atoms with Gasteiger partial charge in [0.05, 0.1) is 7.11 Å². The highest BCUT2D eigenvalue weighted by molar-refractivity contribution is 5.87. The summed E-state index contributed by atoms with van der Waals surface area (Å²) >= 11 is 0. The van der Waals surface area contributed by atoms with Gasteiger partial charge in [-0.05, 0) is 26.2 Å². The number of esters is 1. The second-order valence-corrected chi connectivity index (χ2v) is 2.84. The lowest BCUT2D eigenvalue weighted by atomic mass is 10.2. The number of rotatable bonds is 5. The molecule has 0 aromatic carbocycles. The predicted molar refractivity (Wildman–Crippen MR) is 54.4 cm³/mol. The zero-order valence-corrected chi connectivity index (χ0v) is 8.67. The normalized spacial score (nSPS) is 12.1. The number of methoxy groups -OCH3 is 1. The van der Waals surface area contributed by atoms with Gasteiger partial charge in [-0.15, -0.1) is 0 Å². The number of carbonyl (C=O) groups excluding carboxylic acids is 1. The van der Waals surface area contributed by atoms with Crippen molar-refractivity contribution in [3.8, 4) is 0 Å². The Balaban J connectivity index is 3.71. The van der Waals surface area contributed by atoms with Crippen molar-refractivity contribution in [2.45, 2.75) is 33.1 Å². The molecular formula is C11H18O2. The number of hydrogen-bond acceptors (Lipinski definition) is 2. The van der Waals surface area contributed by atoms with E-state index in [1.165, 1.54) is 7.11 Å². The molecule has 0 N–H and O–H groups in total. The maximum Gasteiger partial charge on any atom is 0.333 e. The van der Waals surface area contributed by atoms with Crippen molar-refractivity contribution < 1.29 is 9.53 Å². The fourth-order valence-corrected chi connectivity index (χ4v) is 0.925. The van der Waals surface area contributed by atoms with Gasteiger partial charge in [0.15, 0.2) is 0 Å². The molecule has 0 aliphatic rings. The van der Waals surface area contributed by atoms with Crippen molar-refractivity contribution >= 4 is 5.97 Å². The Kier molecular flexibility index (Phi) is 6.98. The molecule has 0 radical (unpaired) electrons. The maximum absolute atomic E-state index is 10.9. The first-order valence-electron chi connectivity index (χ1n) is 4.62. The van der Waals surface area contributed by atoms with Crippen LogP contribution in [0.25, 0.3) is 0 Å². The average molecular weight is 182 g/mol. The molecule has 0 aromatic rings. The third-order valence-electron chi connectivity index (χ3n) is 1.69. The van der Waals surface area contributed by atoms with Crippen molar-refractivity contribution in [3.63, 3.8) is 0 Å². The molecule has 0 heterocycles. The minimum absolute atomic E-state index is 0.237. The lowest BCUT2D eigenvalue weighted by Gasteiger charge is -1.96. The molecule has 0 aliphatic heterocycles. The number of hydrogen-bond donors (Lipinski definition) is 0. The summed E-state index contributed by atoms with van der Waals surface area (Å²) in [5, 5.41) is 0. The first-order chi connectivity index (χ1) is 6.22. The first kappa shape index (κ1) is 11.9. The molecule has 0 unspecified atom stereocenters. The monoisotopic (exact) mass is 182 g/mol. The number of ether oxygens (including phenoxy) is 1. The van der Waals surface area contributed by atoms with Gasteiger partial charge in [-0.1, -0.05) is 25.2 Å². The van der Waals surface area contributed by atoms with Crippen LogP contribution in [0.2, 0.25) is 0 Å². The molecule has 0 rings (SSSR count). The van der Waals surface area contributed by atoms with Crippen LogP contribution in [0.5, 0.6) is 0 Å². The van der Waals surface area contributed by atoms with Crippen LogP contribution in [0, 0.1) is 0 Å². The van der Waals surface area contributed by atoms with Gasteiger partial charge in [0.25, 0.3) is 0 Å². The van der Waals surface area contributed by atoms with E-state index >= 15 is 0 Å². The summed E-state index contributed by atoms with van der Waals surface area (Å²) in [6.45, 7) is 3.88. The van der Waals surface area contributed by atoms with Gasteiger partial charge in [0.1, 0.15) is 0 Å². The van der Waals surface area contributed by atoms with E-state index in [0.717, 1.165) is 19.3 Å². The van der Waals surface area contributed by atoms with Gasteiger partial charge < -0.3 is 4.74 Å². The topological polar surface area (TPSA) is 26.3 Å². The zero-order chi connectivity index (χ0) is 10.1. The first-order valence-corrected chi connectivity index (χ1v) is 4.62. The van der Waals surface area contributed by atoms with Crippen LogP contribution < -0.4 is 0 Å². The fraction of sp³-hybridized carbons (Fsp3) is 0.545. The van der Waals surface area contributed by atoms with E-state index in [2.05, 4.69) is 23.8 Å². The van der Waals surface area contributed by atoms with E-state index in [1.54, 1.807) is 6.92 Å². The van der Waals surface area contributed by atoms with Crippen LogP contribution in [0.1, 0.15) is 33.1 Å². The van der Waals surface area contributed by atoms with Crippen molar-refractivity contribution in [2.24, 2.45) is 0 Å². The van der Waals surface area contributed by atoms with Crippen LogP contribution in [0.15, 0.2) is 23.8 Å². The second kappa shape index (κ2) is 7.59. The minimum Gasteiger partial charge on any atom is -0.466 e. The van der Waals surface area contributed by atoms with E-state index in [0.29, 0.717) is 5.57 Å². The van der Waals surface area contributed by atoms with E-state index in [1.807, 2.05) is 6.08 Å². The van der Waals surface area contributed by atoms with E-state index in [-0.39, 0.29) is 5.97 Å². The summed E-state index contributed by atoms with van der Waals surface area (Å²) < 4.78 is 4.56. The second-order valence-electron chi connectivity index (χ2n) is 2.84. The Bertz CT molecular complexity index is 202. The summed E-state index contributed by atoms with van der Waals surface area (Å²) in [5.41, 5.74) is 0.687. The highest BCUT2D eigenvalue weighted by atomic mass is 16.5. The Labute approximate surface area is 80.3 Å². The minimum atomic E-state index is -0.237. The molecule has 2 heteroatoms. The van der Waals surface area contributed by atoms with Crippen molar-refractivity contribution in [1.82, 2.24) is 0 Å². The third kappa shape index (κ3) is 6.14. The molecule has 0 bridgehead atoms. The van der Waals surface area contributed by atoms with Crippen LogP contribution in [0.3, 0.4) is 0 Å². The maximum atomic E-state index is 10.9. The van der Waals surface area contributed by atoms with Gasteiger partial charge in [-0.2, -0.15) is 0 Å². The Hall–Kier alpha value is -1.05. The Morgan fingerprint density at radius 2 is 2.00 bits per heavy atom. The van der Waals surface area contributed by atoms with Crippen LogP contribution in [0.4, 0.5) is 0 Å². The van der Waals surface area contributed by atoms with E-state index in [4.69, 9.17) is 0 Å². The molecule has 0 aromatic heterocycles. The quantitative estimate of drug-likeness (QED) is 0.283. The van der Waals surface area contributed by atoms with Crippen LogP contribution >= 0.6 is 0 Å². The van der Waals surface area contributed by atoms with Gasteiger partial charge in [0.2, 0.25) is 0 Å². The molecule has 0 saturated carbocycles. The SMILES string of the molecule is CCC=CCCC=C(C)C(=O)OC. The average Bonchev–Trinajstić information content (AvgIpc) is 2.16. The van der Waals surface area contributed by atoms with E-state index < -0.39 is 0 Å². The lowest BCUT2D eigenvalue weighted by molar-refractivity contribution is -0.136. The predicted octanol–water partition coefficient (Wildman–Crippen LogP) is 2.85. The zero-order valence-electron chi connectivity index (χ0n) is 8.67. The summed E-state index contributed by atoms with van der Waals surface area (Å²) in [5.74, 6) is -0.237. The Morgan fingerprint density at radius 3 is 2.54 bits per heavy atom. The molecule has 74 valence electrons. The van der Waals surface area contributed by atoms with Gasteiger partial charge in [-0.25, -0.2) is 4.79 Å². The molecule has 0 amide bonds. The summed E-state index contributed by atoms with van der Waals surface area (Å²) in [6.07, 6.45) is 9.12. The van der Waals surface area contributed by atoms with Crippen LogP contribution in [-0.4, -0.2) is 13.1 Å². The number of allylic oxidation sites excluding steroid dienone is 3. The Morgan fingerprint density at radius 1 is 1.31 bits per heavy atom. The number of carbonyl (C=O) groups is 1. The molecule has 0 aliphatic carbocycles. The smallest absolute Gasteiger partial charge is 0.333 e. The van der Waals surface area contributed by atoms with Crippen molar-refractivity contribution in [2.75, 3.05) is 7.11 Å². The van der Waals surface area contributed by atoms with Crippen molar-refractivity contribution in [1.29, 1.82) is 0 Å². The molecule has 0 saturated heterocycles. The van der Waals surface area contributed by atoms with Gasteiger partial charge in [-0.3, -0.25) is 0 Å². The lowest BCUT2D eigenvalue weighted by Crippen LogP contribution is -2.00. The van der Waals surface area contributed by atoms with Crippen molar-refractivity contribution in [3.05, 3.63) is 23.8 Å². The molecule has 13 heavy (non-hydrogen) atoms. The fourth-order valence-electron chi connectivity index (χ4n) is 0.925. The van der Waals surface area contributed by atoms with Gasteiger partial charge >= 0.3 is 5.97 Å². The number of unbranched alkanes of at least 4 members (excludes halogenated alkanes) is 1. The highest BCUT2D eigenvalue weighted by Gasteiger charge is 2.00.